The lowest BCUT2D eigenvalue weighted by Gasteiger charge is -2.31. The van der Waals surface area contributed by atoms with E-state index in [-0.39, 0.29) is 30.6 Å². The first-order valence-electron chi connectivity index (χ1n) is 11.4. The summed E-state index contributed by atoms with van der Waals surface area (Å²) in [5, 5.41) is 2.93. The minimum Gasteiger partial charge on any atom is -0.467 e. The summed E-state index contributed by atoms with van der Waals surface area (Å²) in [6, 6.07) is 11.0. The molecule has 7 nitrogen and oxygen atoms in total. The molecule has 0 aliphatic carbocycles. The average molecular weight is 442 g/mol. The number of benzene rings is 1. The van der Waals surface area contributed by atoms with E-state index in [1.165, 1.54) is 5.56 Å². The van der Waals surface area contributed by atoms with Crippen molar-refractivity contribution in [2.45, 2.75) is 65.1 Å². The van der Waals surface area contributed by atoms with Crippen LogP contribution in [0.4, 0.5) is 10.5 Å². The molecular weight excluding hydrogens is 406 g/mol. The van der Waals surface area contributed by atoms with E-state index >= 15 is 0 Å². The molecule has 32 heavy (non-hydrogen) atoms. The van der Waals surface area contributed by atoms with E-state index in [0.717, 1.165) is 19.4 Å². The van der Waals surface area contributed by atoms with Crippen molar-refractivity contribution in [3.63, 3.8) is 0 Å². The van der Waals surface area contributed by atoms with Gasteiger partial charge < -0.3 is 24.3 Å². The number of hydrogen-bond donors (Lipinski definition) is 1. The fourth-order valence-corrected chi connectivity index (χ4v) is 3.76. The van der Waals surface area contributed by atoms with Gasteiger partial charge in [-0.2, -0.15) is 0 Å². The number of carbonyl (C=O) groups excluding carboxylic acids is 2. The summed E-state index contributed by atoms with van der Waals surface area (Å²) in [7, 11) is 0. The lowest BCUT2D eigenvalue weighted by atomic mass is 10.0. The van der Waals surface area contributed by atoms with Crippen LogP contribution in [0.5, 0.6) is 0 Å². The van der Waals surface area contributed by atoms with E-state index in [1.807, 2.05) is 50.2 Å². The van der Waals surface area contributed by atoms with Crippen molar-refractivity contribution in [1.82, 2.24) is 9.80 Å². The van der Waals surface area contributed by atoms with E-state index in [9.17, 15) is 9.59 Å². The lowest BCUT2D eigenvalue weighted by molar-refractivity contribution is -0.134. The summed E-state index contributed by atoms with van der Waals surface area (Å²) < 4.78 is 11.2. The van der Waals surface area contributed by atoms with E-state index in [0.29, 0.717) is 30.5 Å². The lowest BCUT2D eigenvalue weighted by Crippen LogP contribution is -2.48. The van der Waals surface area contributed by atoms with Crippen LogP contribution in [0, 0.1) is 0 Å². The van der Waals surface area contributed by atoms with Gasteiger partial charge in [-0.3, -0.25) is 4.79 Å². The molecule has 174 valence electrons. The molecule has 1 unspecified atom stereocenters. The van der Waals surface area contributed by atoms with Crippen molar-refractivity contribution >= 4 is 17.6 Å². The molecule has 0 radical (unpaired) electrons. The van der Waals surface area contributed by atoms with Gasteiger partial charge in [-0.05, 0) is 62.4 Å². The Bertz CT molecular complexity index is 856. The van der Waals surface area contributed by atoms with Crippen LogP contribution in [0.1, 0.15) is 57.8 Å². The topological polar surface area (TPSA) is 75.0 Å². The number of carbonyl (C=O) groups is 2. The monoisotopic (exact) mass is 441 g/mol. The third-order valence-corrected chi connectivity index (χ3v) is 5.75. The Hall–Kier alpha value is -2.80. The second kappa shape index (κ2) is 11.2. The van der Waals surface area contributed by atoms with Crippen molar-refractivity contribution in [1.29, 1.82) is 0 Å². The van der Waals surface area contributed by atoms with Gasteiger partial charge >= 0.3 is 6.03 Å². The largest absolute Gasteiger partial charge is 0.467 e. The number of urea groups is 1. The summed E-state index contributed by atoms with van der Waals surface area (Å²) in [5.41, 5.74) is 1.92. The Morgan fingerprint density at radius 2 is 1.88 bits per heavy atom. The summed E-state index contributed by atoms with van der Waals surface area (Å²) in [4.78, 5) is 29.5. The van der Waals surface area contributed by atoms with Gasteiger partial charge in [-0.1, -0.05) is 26.0 Å². The van der Waals surface area contributed by atoms with Crippen LogP contribution < -0.4 is 5.32 Å². The number of ether oxygens (including phenoxy) is 1. The molecule has 1 aliphatic heterocycles. The highest BCUT2D eigenvalue weighted by Crippen LogP contribution is 2.19. The van der Waals surface area contributed by atoms with Crippen molar-refractivity contribution in [3.05, 3.63) is 54.0 Å². The fourth-order valence-electron chi connectivity index (χ4n) is 3.76. The molecule has 1 aromatic heterocycles. The molecule has 7 heteroatoms. The number of hydrogen-bond acceptors (Lipinski definition) is 4. The molecule has 2 heterocycles. The van der Waals surface area contributed by atoms with Crippen molar-refractivity contribution in [2.75, 3.05) is 25.0 Å². The van der Waals surface area contributed by atoms with Crippen LogP contribution in [-0.4, -0.2) is 53.6 Å². The maximum Gasteiger partial charge on any atom is 0.322 e. The average Bonchev–Trinajstić information content (AvgIpc) is 3.45. The Labute approximate surface area is 190 Å². The zero-order valence-electron chi connectivity index (χ0n) is 19.5. The molecule has 1 saturated heterocycles. The second-order valence-corrected chi connectivity index (χ2v) is 8.92. The second-order valence-electron chi connectivity index (χ2n) is 8.92. The van der Waals surface area contributed by atoms with Gasteiger partial charge in [0.05, 0.1) is 18.9 Å². The molecule has 0 bridgehead atoms. The first-order chi connectivity index (χ1) is 15.3. The van der Waals surface area contributed by atoms with Gasteiger partial charge in [-0.25, -0.2) is 4.79 Å². The number of rotatable bonds is 9. The van der Waals surface area contributed by atoms with Crippen molar-refractivity contribution in [2.24, 2.45) is 0 Å². The third-order valence-electron chi connectivity index (χ3n) is 5.75. The zero-order valence-corrected chi connectivity index (χ0v) is 19.5. The van der Waals surface area contributed by atoms with Crippen LogP contribution in [0.15, 0.2) is 47.1 Å². The predicted molar refractivity (Wildman–Crippen MR) is 124 cm³/mol. The fraction of sp³-hybridized carbons (Fsp3) is 0.520. The van der Waals surface area contributed by atoms with E-state index in [4.69, 9.17) is 9.15 Å². The van der Waals surface area contributed by atoms with Crippen LogP contribution in [-0.2, 0) is 16.1 Å². The van der Waals surface area contributed by atoms with Gasteiger partial charge in [0.15, 0.2) is 0 Å². The number of furan rings is 1. The van der Waals surface area contributed by atoms with E-state index < -0.39 is 0 Å². The van der Waals surface area contributed by atoms with Gasteiger partial charge in [-0.15, -0.1) is 0 Å². The standard InChI is InChI=1S/C25H35N3O4/c1-18(2)20-9-11-21(12-10-20)26-25(30)28(19(3)4)17-24(29)27(15-22-7-5-13-31-22)16-23-8-6-14-32-23/h5,7,9-13,18-19,23H,6,8,14-17H2,1-4H3,(H,26,30). The first-order valence-corrected chi connectivity index (χ1v) is 11.4. The summed E-state index contributed by atoms with van der Waals surface area (Å²) in [6.45, 7) is 9.64. The summed E-state index contributed by atoms with van der Waals surface area (Å²) in [5.74, 6) is 1.01. The molecule has 1 N–H and O–H groups in total. The number of anilines is 1. The Morgan fingerprint density at radius 3 is 2.44 bits per heavy atom. The molecule has 3 rings (SSSR count). The zero-order chi connectivity index (χ0) is 23.1. The van der Waals surface area contributed by atoms with Crippen LogP contribution in [0.25, 0.3) is 0 Å². The number of nitrogens with zero attached hydrogens (tertiary/aromatic N) is 2. The Balaban J connectivity index is 1.67. The minimum absolute atomic E-state index is 0.0129. The van der Waals surface area contributed by atoms with E-state index in [1.54, 1.807) is 16.1 Å². The smallest absolute Gasteiger partial charge is 0.322 e. The molecule has 0 spiro atoms. The first kappa shape index (κ1) is 23.9. The molecule has 1 aromatic carbocycles. The van der Waals surface area contributed by atoms with E-state index in [2.05, 4.69) is 19.2 Å². The molecular formula is C25H35N3O4. The van der Waals surface area contributed by atoms with Gasteiger partial charge in [0, 0.05) is 24.9 Å². The van der Waals surface area contributed by atoms with Gasteiger partial charge in [0.2, 0.25) is 5.91 Å². The Morgan fingerprint density at radius 1 is 1.12 bits per heavy atom. The highest BCUT2D eigenvalue weighted by Gasteiger charge is 2.27. The number of amides is 3. The maximum atomic E-state index is 13.3. The molecule has 1 fully saturated rings. The molecule has 1 atom stereocenters. The molecule has 3 amide bonds. The van der Waals surface area contributed by atoms with Gasteiger partial charge in [0.25, 0.3) is 0 Å². The minimum atomic E-state index is -0.291. The highest BCUT2D eigenvalue weighted by atomic mass is 16.5. The summed E-state index contributed by atoms with van der Waals surface area (Å²) in [6.07, 6.45) is 3.56. The van der Waals surface area contributed by atoms with Crippen LogP contribution in [0.3, 0.4) is 0 Å². The van der Waals surface area contributed by atoms with Crippen LogP contribution in [0.2, 0.25) is 0 Å². The number of nitrogens with one attached hydrogen (secondary N) is 1. The molecule has 2 aromatic rings. The molecule has 0 saturated carbocycles. The Kier molecular flexibility index (Phi) is 8.33. The summed E-state index contributed by atoms with van der Waals surface area (Å²) >= 11 is 0. The van der Waals surface area contributed by atoms with Crippen LogP contribution >= 0.6 is 0 Å². The highest BCUT2D eigenvalue weighted by molar-refractivity contribution is 5.92. The van der Waals surface area contributed by atoms with Gasteiger partial charge in [0.1, 0.15) is 12.3 Å². The maximum absolute atomic E-state index is 13.3. The molecule has 1 aliphatic rings. The predicted octanol–water partition coefficient (Wildman–Crippen LogP) is 4.85. The SMILES string of the molecule is CC(C)c1ccc(NC(=O)N(CC(=O)N(Cc2ccco2)CC2CCCO2)C(C)C)cc1. The third kappa shape index (κ3) is 6.60. The van der Waals surface area contributed by atoms with Crippen molar-refractivity contribution < 1.29 is 18.7 Å². The quantitative estimate of drug-likeness (QED) is 0.603. The normalized spacial score (nSPS) is 15.9. The van der Waals surface area contributed by atoms with Crippen molar-refractivity contribution in [3.8, 4) is 0 Å².